The van der Waals surface area contributed by atoms with Crippen molar-refractivity contribution in [2.24, 2.45) is 0 Å². The van der Waals surface area contributed by atoms with Gasteiger partial charge in [0.25, 0.3) is 0 Å². The van der Waals surface area contributed by atoms with Crippen molar-refractivity contribution in [2.45, 2.75) is 18.1 Å². The highest BCUT2D eigenvalue weighted by atomic mass is 79.9. The molecule has 3 nitrogen and oxygen atoms in total. The number of methoxy groups -OCH3 is 2. The molecule has 0 aliphatic rings. The fourth-order valence-electron chi connectivity index (χ4n) is 1.64. The Morgan fingerprint density at radius 2 is 1.88 bits per heavy atom. The molecule has 0 heterocycles. The average Bonchev–Trinajstić information content (AvgIpc) is 2.31. The Kier molecular flexibility index (Phi) is 4.83. The first-order valence-electron chi connectivity index (χ1n) is 4.98. The third-order valence-electron chi connectivity index (χ3n) is 2.68. The van der Waals surface area contributed by atoms with Crippen LogP contribution in [-0.2, 0) is 0 Å². The van der Waals surface area contributed by atoms with E-state index in [0.29, 0.717) is 17.1 Å². The number of alkyl halides is 2. The fraction of sp³-hybridized carbons (Fsp3) is 0.417. The summed E-state index contributed by atoms with van der Waals surface area (Å²) in [5.74, 6) is 0.944. The minimum atomic E-state index is -0.775. The van der Waals surface area contributed by atoms with Crippen LogP contribution in [0.25, 0.3) is 0 Å². The highest BCUT2D eigenvalue weighted by molar-refractivity contribution is 9.10. The summed E-state index contributed by atoms with van der Waals surface area (Å²) in [6, 6.07) is 1.65. The standard InChI is InChI=1S/C12H14BrClO3/c1-6-7(2)11(17-4)8(5-9(6)16-3)10(15)12(13)14/h5,12H,1-4H3. The van der Waals surface area contributed by atoms with Crippen molar-refractivity contribution in [3.63, 3.8) is 0 Å². The van der Waals surface area contributed by atoms with Crippen LogP contribution in [0.4, 0.5) is 0 Å². The maximum atomic E-state index is 11.9. The molecular weight excluding hydrogens is 307 g/mol. The van der Waals surface area contributed by atoms with Gasteiger partial charge < -0.3 is 9.47 Å². The number of hydrogen-bond acceptors (Lipinski definition) is 3. The molecule has 0 aromatic heterocycles. The lowest BCUT2D eigenvalue weighted by atomic mass is 10.0. The third-order valence-corrected chi connectivity index (χ3v) is 3.29. The number of rotatable bonds is 4. The molecule has 0 radical (unpaired) electrons. The van der Waals surface area contributed by atoms with Crippen LogP contribution in [0.3, 0.4) is 0 Å². The van der Waals surface area contributed by atoms with Crippen LogP contribution in [0.5, 0.6) is 11.5 Å². The van der Waals surface area contributed by atoms with E-state index in [0.717, 1.165) is 11.1 Å². The maximum Gasteiger partial charge on any atom is 0.195 e. The van der Waals surface area contributed by atoms with Crippen molar-refractivity contribution in [3.8, 4) is 11.5 Å². The van der Waals surface area contributed by atoms with Gasteiger partial charge >= 0.3 is 0 Å². The van der Waals surface area contributed by atoms with Crippen molar-refractivity contribution >= 4 is 33.3 Å². The molecule has 0 spiro atoms. The summed E-state index contributed by atoms with van der Waals surface area (Å²) in [5.41, 5.74) is 2.24. The summed E-state index contributed by atoms with van der Waals surface area (Å²) in [5, 5.41) is 0. The Morgan fingerprint density at radius 1 is 1.29 bits per heavy atom. The first-order chi connectivity index (χ1) is 7.93. The Balaban J connectivity index is 3.48. The molecule has 1 unspecified atom stereocenters. The van der Waals surface area contributed by atoms with E-state index in [4.69, 9.17) is 21.1 Å². The molecule has 0 amide bonds. The van der Waals surface area contributed by atoms with Gasteiger partial charge in [-0.05, 0) is 31.0 Å². The van der Waals surface area contributed by atoms with E-state index < -0.39 is 4.29 Å². The second kappa shape index (κ2) is 5.74. The zero-order valence-electron chi connectivity index (χ0n) is 10.1. The highest BCUT2D eigenvalue weighted by Crippen LogP contribution is 2.34. The first kappa shape index (κ1) is 14.3. The van der Waals surface area contributed by atoms with Crippen LogP contribution in [0.2, 0.25) is 0 Å². The van der Waals surface area contributed by atoms with Crippen molar-refractivity contribution < 1.29 is 14.3 Å². The monoisotopic (exact) mass is 320 g/mol. The van der Waals surface area contributed by atoms with E-state index in [9.17, 15) is 4.79 Å². The van der Waals surface area contributed by atoms with Gasteiger partial charge in [0.05, 0.1) is 19.8 Å². The molecule has 1 aromatic carbocycles. The number of ether oxygens (including phenoxy) is 2. The molecule has 0 bridgehead atoms. The van der Waals surface area contributed by atoms with E-state index in [1.165, 1.54) is 7.11 Å². The van der Waals surface area contributed by atoms with Crippen LogP contribution in [-0.4, -0.2) is 24.3 Å². The molecule has 1 atom stereocenters. The van der Waals surface area contributed by atoms with Gasteiger partial charge in [0.1, 0.15) is 11.5 Å². The number of carbonyl (C=O) groups is 1. The third kappa shape index (κ3) is 2.75. The lowest BCUT2D eigenvalue weighted by molar-refractivity contribution is 0.101. The van der Waals surface area contributed by atoms with Crippen LogP contribution in [0, 0.1) is 13.8 Å². The number of halogens is 2. The van der Waals surface area contributed by atoms with E-state index in [-0.39, 0.29) is 5.78 Å². The van der Waals surface area contributed by atoms with Gasteiger partial charge in [-0.2, -0.15) is 0 Å². The number of Topliss-reactive ketones (excluding diaryl/α,β-unsaturated/α-hetero) is 1. The summed E-state index contributed by atoms with van der Waals surface area (Å²) in [4.78, 5) is 11.9. The van der Waals surface area contributed by atoms with Crippen LogP contribution in [0.1, 0.15) is 21.5 Å². The molecule has 0 saturated heterocycles. The molecule has 0 N–H and O–H groups in total. The van der Waals surface area contributed by atoms with Gasteiger partial charge in [0, 0.05) is 0 Å². The molecule has 94 valence electrons. The number of carbonyl (C=O) groups excluding carboxylic acids is 1. The Morgan fingerprint density at radius 3 is 2.29 bits per heavy atom. The van der Waals surface area contributed by atoms with Gasteiger partial charge in [-0.3, -0.25) is 4.79 Å². The van der Waals surface area contributed by atoms with Gasteiger partial charge in [0.2, 0.25) is 0 Å². The molecule has 1 rings (SSSR count). The molecule has 0 aliphatic heterocycles. The molecule has 0 saturated carbocycles. The largest absolute Gasteiger partial charge is 0.496 e. The smallest absolute Gasteiger partial charge is 0.195 e. The summed E-state index contributed by atoms with van der Waals surface area (Å²) < 4.78 is 9.73. The van der Waals surface area contributed by atoms with Gasteiger partial charge in [-0.15, -0.1) is 11.6 Å². The lowest BCUT2D eigenvalue weighted by Gasteiger charge is -2.16. The van der Waals surface area contributed by atoms with Crippen molar-refractivity contribution in [1.82, 2.24) is 0 Å². The van der Waals surface area contributed by atoms with Crippen molar-refractivity contribution in [2.75, 3.05) is 14.2 Å². The summed E-state index contributed by atoms with van der Waals surface area (Å²) in [6.07, 6.45) is 0. The minimum Gasteiger partial charge on any atom is -0.496 e. The van der Waals surface area contributed by atoms with E-state index in [2.05, 4.69) is 15.9 Å². The topological polar surface area (TPSA) is 35.5 Å². The molecule has 0 aliphatic carbocycles. The molecule has 5 heteroatoms. The quantitative estimate of drug-likeness (QED) is 0.629. The summed E-state index contributed by atoms with van der Waals surface area (Å²) in [6.45, 7) is 3.79. The minimum absolute atomic E-state index is 0.245. The molecule has 0 fully saturated rings. The maximum absolute atomic E-state index is 11.9. The van der Waals surface area contributed by atoms with E-state index in [1.54, 1.807) is 13.2 Å². The zero-order valence-corrected chi connectivity index (χ0v) is 12.5. The highest BCUT2D eigenvalue weighted by Gasteiger charge is 2.22. The van der Waals surface area contributed by atoms with Gasteiger partial charge in [-0.1, -0.05) is 15.9 Å². The summed E-state index contributed by atoms with van der Waals surface area (Å²) in [7, 11) is 3.09. The zero-order chi connectivity index (χ0) is 13.2. The molecule has 1 aromatic rings. The number of hydrogen-bond donors (Lipinski definition) is 0. The Hall–Kier alpha value is -0.740. The Bertz CT molecular complexity index is 444. The summed E-state index contributed by atoms with van der Waals surface area (Å²) >= 11 is 8.80. The second-order valence-electron chi connectivity index (χ2n) is 3.57. The van der Waals surface area contributed by atoms with Crippen molar-refractivity contribution in [3.05, 3.63) is 22.8 Å². The van der Waals surface area contributed by atoms with E-state index >= 15 is 0 Å². The second-order valence-corrected chi connectivity index (χ2v) is 5.45. The van der Waals surface area contributed by atoms with Gasteiger partial charge in [-0.25, -0.2) is 0 Å². The van der Waals surface area contributed by atoms with Crippen molar-refractivity contribution in [1.29, 1.82) is 0 Å². The predicted molar refractivity (Wildman–Crippen MR) is 71.9 cm³/mol. The van der Waals surface area contributed by atoms with Crippen LogP contribution in [0.15, 0.2) is 6.07 Å². The molecule has 17 heavy (non-hydrogen) atoms. The average molecular weight is 322 g/mol. The van der Waals surface area contributed by atoms with Crippen LogP contribution < -0.4 is 9.47 Å². The van der Waals surface area contributed by atoms with Crippen LogP contribution >= 0.6 is 27.5 Å². The number of benzene rings is 1. The SMILES string of the molecule is COc1cc(C(=O)C(Cl)Br)c(OC)c(C)c1C. The lowest BCUT2D eigenvalue weighted by Crippen LogP contribution is -2.11. The first-order valence-corrected chi connectivity index (χ1v) is 6.33. The molecular formula is C12H14BrClO3. The normalized spacial score (nSPS) is 12.1. The van der Waals surface area contributed by atoms with E-state index in [1.807, 2.05) is 13.8 Å². The predicted octanol–water partition coefficient (Wildman–Crippen LogP) is 3.46. The fourth-order valence-corrected chi connectivity index (χ4v) is 2.00. The number of ketones is 1. The van der Waals surface area contributed by atoms with Gasteiger partial charge in [0.15, 0.2) is 10.1 Å². The Labute approximate surface area is 114 Å².